The molecule has 0 unspecified atom stereocenters. The summed E-state index contributed by atoms with van der Waals surface area (Å²) in [6.45, 7) is 0. The highest BCUT2D eigenvalue weighted by Gasteiger charge is 2.44. The van der Waals surface area contributed by atoms with Crippen molar-refractivity contribution in [1.29, 1.82) is 0 Å². The number of halogens is 1. The van der Waals surface area contributed by atoms with Gasteiger partial charge in [0.25, 0.3) is 0 Å². The van der Waals surface area contributed by atoms with Crippen LogP contribution in [0.25, 0.3) is 0 Å². The number of aliphatic hydroxyl groups is 1. The molecule has 0 amide bonds. The zero-order valence-electron chi connectivity index (χ0n) is 16.0. The second-order valence-corrected chi connectivity index (χ2v) is 12.0. The van der Waals surface area contributed by atoms with E-state index in [1.165, 1.54) is 28.5 Å². The molecule has 1 saturated carbocycles. The predicted molar refractivity (Wildman–Crippen MR) is 112 cm³/mol. The number of aromatic nitrogens is 1. The van der Waals surface area contributed by atoms with Gasteiger partial charge in [-0.3, -0.25) is 4.79 Å². The Balaban J connectivity index is 1.40. The van der Waals surface area contributed by atoms with E-state index in [0.29, 0.717) is 17.7 Å². The molecule has 1 aromatic carbocycles. The number of benzene rings is 1. The zero-order chi connectivity index (χ0) is 20.4. The van der Waals surface area contributed by atoms with E-state index < -0.39 is 21.2 Å². The molecular weight excluding hydrogens is 430 g/mol. The molecule has 2 aromatic rings. The predicted octanol–water partition coefficient (Wildman–Crippen LogP) is 3.34. The molecule has 1 heterocycles. The van der Waals surface area contributed by atoms with E-state index in [1.54, 1.807) is 0 Å². The first-order valence-electron chi connectivity index (χ1n) is 10.1. The van der Waals surface area contributed by atoms with Gasteiger partial charge < -0.3 is 5.11 Å². The number of thiazole rings is 1. The normalized spacial score (nSPS) is 19.2. The lowest BCUT2D eigenvalue weighted by molar-refractivity contribution is -0.116. The lowest BCUT2D eigenvalue weighted by Gasteiger charge is -2.16. The van der Waals surface area contributed by atoms with E-state index in [-0.39, 0.29) is 16.5 Å². The van der Waals surface area contributed by atoms with Gasteiger partial charge in [-0.2, -0.15) is 0 Å². The number of ketones is 1. The molecule has 5 nitrogen and oxygen atoms in total. The lowest BCUT2D eigenvalue weighted by Crippen LogP contribution is -2.19. The molecule has 8 heteroatoms. The summed E-state index contributed by atoms with van der Waals surface area (Å²) < 4.78 is 25.4. The Bertz CT molecular complexity index is 1100. The Kier molecular flexibility index (Phi) is 4.66. The molecule has 154 valence electrons. The highest BCUT2D eigenvalue weighted by molar-refractivity contribution is 7.94. The molecule has 3 aliphatic carbocycles. The number of carbonyl (C=O) groups is 1. The van der Waals surface area contributed by atoms with E-state index in [9.17, 15) is 18.3 Å². The van der Waals surface area contributed by atoms with Gasteiger partial charge in [0.1, 0.15) is 11.4 Å². The van der Waals surface area contributed by atoms with E-state index >= 15 is 0 Å². The van der Waals surface area contributed by atoms with Crippen LogP contribution < -0.4 is 0 Å². The number of rotatable bonds is 6. The maximum absolute atomic E-state index is 12.8. The van der Waals surface area contributed by atoms with Gasteiger partial charge >= 0.3 is 0 Å². The number of Topliss-reactive ketones (excluding diaryl/α,β-unsaturated/α-hetero) is 1. The fraction of sp³-hybridized carbons (Fsp3) is 0.524. The minimum absolute atomic E-state index is 0.0762. The van der Waals surface area contributed by atoms with E-state index in [2.05, 4.69) is 4.98 Å². The standard InChI is InChI=1S/C21H22ClNO4S2/c22-19-15-5-1-3-13(15)17(14-4-2-6-16(14)19)9-12(24)11-29(26,27)20-23-10-18(28-20)21(25)7-8-21/h10,25H,1-9,11H2. The third-order valence-corrected chi connectivity index (χ3v) is 10.1. The van der Waals surface area contributed by atoms with Crippen LogP contribution in [-0.4, -0.2) is 30.0 Å². The van der Waals surface area contributed by atoms with Crippen LogP contribution in [-0.2, 0) is 52.3 Å². The number of carbonyl (C=O) groups excluding carboxylic acids is 1. The molecule has 0 aliphatic heterocycles. The zero-order valence-corrected chi connectivity index (χ0v) is 18.4. The fourth-order valence-corrected chi connectivity index (χ4v) is 7.75. The molecule has 1 fully saturated rings. The van der Waals surface area contributed by atoms with Gasteiger partial charge in [0.2, 0.25) is 14.2 Å². The van der Waals surface area contributed by atoms with Crippen LogP contribution in [0.5, 0.6) is 0 Å². The van der Waals surface area contributed by atoms with Crippen molar-refractivity contribution < 1.29 is 18.3 Å². The first kappa shape index (κ1) is 19.7. The average molecular weight is 452 g/mol. The minimum atomic E-state index is -3.81. The highest BCUT2D eigenvalue weighted by atomic mass is 35.5. The number of fused-ring (bicyclic) bond motifs is 2. The van der Waals surface area contributed by atoms with Crippen molar-refractivity contribution in [2.45, 2.75) is 67.7 Å². The van der Waals surface area contributed by atoms with Crippen LogP contribution in [0, 0.1) is 0 Å². The van der Waals surface area contributed by atoms with Crippen molar-refractivity contribution in [3.05, 3.63) is 43.9 Å². The molecule has 3 aliphatic rings. The highest BCUT2D eigenvalue weighted by Crippen LogP contribution is 2.48. The molecule has 0 bridgehead atoms. The summed E-state index contributed by atoms with van der Waals surface area (Å²) in [6.07, 6.45) is 8.57. The van der Waals surface area contributed by atoms with Gasteiger partial charge in [0, 0.05) is 17.6 Å². The molecule has 0 spiro atoms. The van der Waals surface area contributed by atoms with Crippen LogP contribution in [0.3, 0.4) is 0 Å². The van der Waals surface area contributed by atoms with Crippen molar-refractivity contribution >= 4 is 38.6 Å². The maximum Gasteiger partial charge on any atom is 0.212 e. The van der Waals surface area contributed by atoms with Gasteiger partial charge in [0.05, 0.1) is 4.88 Å². The Morgan fingerprint density at radius 3 is 2.28 bits per heavy atom. The molecule has 1 N–H and O–H groups in total. The van der Waals surface area contributed by atoms with Crippen molar-refractivity contribution in [2.24, 2.45) is 0 Å². The second-order valence-electron chi connectivity index (χ2n) is 8.41. The summed E-state index contributed by atoms with van der Waals surface area (Å²) in [7, 11) is -3.81. The summed E-state index contributed by atoms with van der Waals surface area (Å²) in [4.78, 5) is 17.4. The Labute approximate surface area is 179 Å². The number of nitrogens with zero attached hydrogens (tertiary/aromatic N) is 1. The van der Waals surface area contributed by atoms with E-state index in [0.717, 1.165) is 60.4 Å². The van der Waals surface area contributed by atoms with Crippen LogP contribution >= 0.6 is 22.9 Å². The molecular formula is C21H22ClNO4S2. The fourth-order valence-electron chi connectivity index (χ4n) is 4.72. The van der Waals surface area contributed by atoms with Crippen molar-refractivity contribution in [2.75, 3.05) is 5.75 Å². The molecule has 0 radical (unpaired) electrons. The van der Waals surface area contributed by atoms with Gasteiger partial charge in [-0.25, -0.2) is 13.4 Å². The Morgan fingerprint density at radius 2 is 1.69 bits per heavy atom. The van der Waals surface area contributed by atoms with Crippen molar-refractivity contribution in [3.63, 3.8) is 0 Å². The Morgan fingerprint density at radius 1 is 1.10 bits per heavy atom. The molecule has 0 saturated heterocycles. The van der Waals surface area contributed by atoms with Crippen LogP contribution in [0.15, 0.2) is 10.5 Å². The third-order valence-electron chi connectivity index (χ3n) is 6.35. The smallest absolute Gasteiger partial charge is 0.212 e. The van der Waals surface area contributed by atoms with E-state index in [4.69, 9.17) is 11.6 Å². The second kappa shape index (κ2) is 6.87. The van der Waals surface area contributed by atoms with Gasteiger partial charge in [0.15, 0.2) is 5.78 Å². The SMILES string of the molecule is O=C(Cc1c2c(c(Cl)c3c1CCC3)CCC2)CS(=O)(=O)c1ncc(C2(O)CC2)s1. The summed E-state index contributed by atoms with van der Waals surface area (Å²) in [5.74, 6) is -0.859. The third kappa shape index (κ3) is 3.36. The largest absolute Gasteiger partial charge is 0.384 e. The quantitative estimate of drug-likeness (QED) is 0.728. The first-order chi connectivity index (χ1) is 13.8. The molecule has 1 aromatic heterocycles. The molecule has 5 rings (SSSR count). The van der Waals surface area contributed by atoms with Crippen LogP contribution in [0.4, 0.5) is 0 Å². The van der Waals surface area contributed by atoms with Crippen LogP contribution in [0.2, 0.25) is 5.02 Å². The maximum atomic E-state index is 12.8. The van der Waals surface area contributed by atoms with Crippen molar-refractivity contribution in [3.8, 4) is 0 Å². The van der Waals surface area contributed by atoms with E-state index in [1.807, 2.05) is 0 Å². The first-order valence-corrected chi connectivity index (χ1v) is 12.9. The summed E-state index contributed by atoms with van der Waals surface area (Å²) >= 11 is 7.61. The average Bonchev–Trinajstić information content (AvgIpc) is 3.17. The Hall–Kier alpha value is -1.28. The number of sulfone groups is 1. The van der Waals surface area contributed by atoms with Crippen LogP contribution in [0.1, 0.15) is 58.4 Å². The lowest BCUT2D eigenvalue weighted by atomic mass is 9.91. The number of hydrogen-bond donors (Lipinski definition) is 1. The summed E-state index contributed by atoms with van der Waals surface area (Å²) in [5.41, 5.74) is 4.80. The molecule has 29 heavy (non-hydrogen) atoms. The number of hydrogen-bond acceptors (Lipinski definition) is 6. The van der Waals surface area contributed by atoms with Gasteiger partial charge in [-0.1, -0.05) is 11.6 Å². The minimum Gasteiger partial charge on any atom is -0.384 e. The van der Waals surface area contributed by atoms with Gasteiger partial charge in [-0.15, -0.1) is 11.3 Å². The topological polar surface area (TPSA) is 84.3 Å². The molecule has 0 atom stereocenters. The summed E-state index contributed by atoms with van der Waals surface area (Å²) in [6, 6.07) is 0. The van der Waals surface area contributed by atoms with Gasteiger partial charge in [-0.05, 0) is 79.2 Å². The van der Waals surface area contributed by atoms with Crippen molar-refractivity contribution in [1.82, 2.24) is 4.98 Å². The summed E-state index contributed by atoms with van der Waals surface area (Å²) in [5, 5.41) is 11.0. The monoisotopic (exact) mass is 451 g/mol.